The molecule has 4 heteroatoms. The van der Waals surface area contributed by atoms with Gasteiger partial charge >= 0.3 is 5.97 Å². The molecular formula is C10H13NO3. The van der Waals surface area contributed by atoms with Gasteiger partial charge in [-0.05, 0) is 30.7 Å². The molecule has 1 rings (SSSR count). The van der Waals surface area contributed by atoms with Crippen LogP contribution < -0.4 is 10.5 Å². The predicted octanol–water partition coefficient (Wildman–Crippen LogP) is 1.29. The van der Waals surface area contributed by atoms with Crippen LogP contribution in [0.2, 0.25) is 0 Å². The first-order valence-corrected chi connectivity index (χ1v) is 4.36. The Kier molecular flexibility index (Phi) is 3.34. The molecule has 0 radical (unpaired) electrons. The summed E-state index contributed by atoms with van der Waals surface area (Å²) < 4.78 is 5.23. The first-order valence-electron chi connectivity index (χ1n) is 4.36. The standard InChI is InChI=1S/C10H13NO3/c1-2-14-8-3-4-9(11)7(5-8)6-10(12)13/h3-5H,2,6,11H2,1H3,(H,12,13). The Morgan fingerprint density at radius 1 is 1.57 bits per heavy atom. The normalized spacial score (nSPS) is 9.79. The molecule has 0 atom stereocenters. The van der Waals surface area contributed by atoms with Crippen LogP contribution >= 0.6 is 0 Å². The van der Waals surface area contributed by atoms with E-state index in [2.05, 4.69) is 0 Å². The zero-order valence-electron chi connectivity index (χ0n) is 7.99. The zero-order valence-corrected chi connectivity index (χ0v) is 7.99. The SMILES string of the molecule is CCOc1ccc(N)c(CC(=O)O)c1. The van der Waals surface area contributed by atoms with E-state index in [0.717, 1.165) is 0 Å². The van der Waals surface area contributed by atoms with Crippen molar-refractivity contribution in [2.45, 2.75) is 13.3 Å². The molecule has 0 bridgehead atoms. The van der Waals surface area contributed by atoms with Crippen molar-refractivity contribution < 1.29 is 14.6 Å². The molecule has 0 unspecified atom stereocenters. The lowest BCUT2D eigenvalue weighted by molar-refractivity contribution is -0.136. The predicted molar refractivity (Wildman–Crippen MR) is 53.4 cm³/mol. The minimum Gasteiger partial charge on any atom is -0.494 e. The van der Waals surface area contributed by atoms with Crippen molar-refractivity contribution in [1.29, 1.82) is 0 Å². The van der Waals surface area contributed by atoms with Crippen LogP contribution in [-0.4, -0.2) is 17.7 Å². The molecule has 1 aromatic carbocycles. The van der Waals surface area contributed by atoms with E-state index >= 15 is 0 Å². The number of hydrogen-bond donors (Lipinski definition) is 2. The third kappa shape index (κ3) is 2.65. The minimum atomic E-state index is -0.898. The highest BCUT2D eigenvalue weighted by molar-refractivity contribution is 5.73. The van der Waals surface area contributed by atoms with Gasteiger partial charge in [0.15, 0.2) is 0 Å². The van der Waals surface area contributed by atoms with Crippen LogP contribution in [0.5, 0.6) is 5.75 Å². The maximum atomic E-state index is 10.5. The van der Waals surface area contributed by atoms with Crippen molar-refractivity contribution in [2.75, 3.05) is 12.3 Å². The number of anilines is 1. The van der Waals surface area contributed by atoms with E-state index in [1.807, 2.05) is 6.92 Å². The van der Waals surface area contributed by atoms with E-state index in [1.54, 1.807) is 18.2 Å². The number of rotatable bonds is 4. The van der Waals surface area contributed by atoms with Gasteiger partial charge in [-0.2, -0.15) is 0 Å². The minimum absolute atomic E-state index is 0.0766. The fourth-order valence-electron chi connectivity index (χ4n) is 1.15. The topological polar surface area (TPSA) is 72.5 Å². The Morgan fingerprint density at radius 2 is 2.29 bits per heavy atom. The molecule has 0 aromatic heterocycles. The van der Waals surface area contributed by atoms with E-state index in [1.165, 1.54) is 0 Å². The summed E-state index contributed by atoms with van der Waals surface area (Å²) in [4.78, 5) is 10.5. The smallest absolute Gasteiger partial charge is 0.307 e. The molecule has 76 valence electrons. The quantitative estimate of drug-likeness (QED) is 0.710. The van der Waals surface area contributed by atoms with Crippen LogP contribution in [0.1, 0.15) is 12.5 Å². The molecule has 0 amide bonds. The zero-order chi connectivity index (χ0) is 10.6. The Hall–Kier alpha value is -1.71. The van der Waals surface area contributed by atoms with E-state index in [9.17, 15) is 4.79 Å². The summed E-state index contributed by atoms with van der Waals surface area (Å²) in [5.74, 6) is -0.247. The van der Waals surface area contributed by atoms with Gasteiger partial charge in [0.2, 0.25) is 0 Å². The summed E-state index contributed by atoms with van der Waals surface area (Å²) in [5, 5.41) is 8.62. The number of aliphatic carboxylic acids is 1. The summed E-state index contributed by atoms with van der Waals surface area (Å²) in [5.41, 5.74) is 6.68. The van der Waals surface area contributed by atoms with Crippen LogP contribution in [0.4, 0.5) is 5.69 Å². The molecule has 1 aromatic rings. The molecule has 0 spiro atoms. The van der Waals surface area contributed by atoms with Crippen molar-refractivity contribution in [3.8, 4) is 5.75 Å². The Balaban J connectivity index is 2.90. The van der Waals surface area contributed by atoms with E-state index in [4.69, 9.17) is 15.6 Å². The van der Waals surface area contributed by atoms with Crippen molar-refractivity contribution in [3.63, 3.8) is 0 Å². The van der Waals surface area contributed by atoms with Crippen molar-refractivity contribution >= 4 is 11.7 Å². The second-order valence-corrected chi connectivity index (χ2v) is 2.86. The van der Waals surface area contributed by atoms with Crippen LogP contribution in [-0.2, 0) is 11.2 Å². The van der Waals surface area contributed by atoms with Crippen molar-refractivity contribution in [1.82, 2.24) is 0 Å². The molecule has 0 heterocycles. The lowest BCUT2D eigenvalue weighted by Gasteiger charge is -2.07. The second kappa shape index (κ2) is 4.50. The highest BCUT2D eigenvalue weighted by atomic mass is 16.5. The van der Waals surface area contributed by atoms with Gasteiger partial charge in [-0.3, -0.25) is 4.79 Å². The first-order chi connectivity index (χ1) is 6.63. The Bertz CT molecular complexity index is 336. The molecule has 0 aliphatic rings. The fourth-order valence-corrected chi connectivity index (χ4v) is 1.15. The average Bonchev–Trinajstić information content (AvgIpc) is 2.10. The molecular weight excluding hydrogens is 182 g/mol. The summed E-state index contributed by atoms with van der Waals surface area (Å²) in [6, 6.07) is 5.04. The van der Waals surface area contributed by atoms with E-state index in [0.29, 0.717) is 23.6 Å². The summed E-state index contributed by atoms with van der Waals surface area (Å²) in [6.07, 6.45) is -0.0766. The molecule has 0 saturated carbocycles. The van der Waals surface area contributed by atoms with Gasteiger partial charge in [-0.1, -0.05) is 0 Å². The van der Waals surface area contributed by atoms with Gasteiger partial charge in [0.1, 0.15) is 5.75 Å². The van der Waals surface area contributed by atoms with Crippen LogP contribution in [0.15, 0.2) is 18.2 Å². The fraction of sp³-hybridized carbons (Fsp3) is 0.300. The van der Waals surface area contributed by atoms with Crippen LogP contribution in [0, 0.1) is 0 Å². The number of nitrogens with two attached hydrogens (primary N) is 1. The highest BCUT2D eigenvalue weighted by Gasteiger charge is 2.05. The van der Waals surface area contributed by atoms with E-state index < -0.39 is 5.97 Å². The monoisotopic (exact) mass is 195 g/mol. The van der Waals surface area contributed by atoms with Gasteiger partial charge in [-0.25, -0.2) is 0 Å². The number of carbonyl (C=O) groups is 1. The first kappa shape index (κ1) is 10.4. The highest BCUT2D eigenvalue weighted by Crippen LogP contribution is 2.20. The summed E-state index contributed by atoms with van der Waals surface area (Å²) >= 11 is 0. The number of benzene rings is 1. The number of nitrogen functional groups attached to an aromatic ring is 1. The molecule has 0 saturated heterocycles. The van der Waals surface area contributed by atoms with Crippen molar-refractivity contribution in [2.24, 2.45) is 0 Å². The number of carboxylic acid groups (broad SMARTS) is 1. The second-order valence-electron chi connectivity index (χ2n) is 2.86. The van der Waals surface area contributed by atoms with Gasteiger partial charge in [-0.15, -0.1) is 0 Å². The van der Waals surface area contributed by atoms with Gasteiger partial charge < -0.3 is 15.6 Å². The maximum absolute atomic E-state index is 10.5. The molecule has 4 nitrogen and oxygen atoms in total. The third-order valence-corrected chi connectivity index (χ3v) is 1.77. The van der Waals surface area contributed by atoms with Gasteiger partial charge in [0.25, 0.3) is 0 Å². The lowest BCUT2D eigenvalue weighted by atomic mass is 10.1. The molecule has 0 fully saturated rings. The van der Waals surface area contributed by atoms with Crippen molar-refractivity contribution in [3.05, 3.63) is 23.8 Å². The lowest BCUT2D eigenvalue weighted by Crippen LogP contribution is -2.04. The van der Waals surface area contributed by atoms with Crippen LogP contribution in [0.3, 0.4) is 0 Å². The summed E-state index contributed by atoms with van der Waals surface area (Å²) in [7, 11) is 0. The number of ether oxygens (including phenoxy) is 1. The Labute approximate surface area is 82.3 Å². The molecule has 0 aliphatic carbocycles. The third-order valence-electron chi connectivity index (χ3n) is 1.77. The molecule has 14 heavy (non-hydrogen) atoms. The molecule has 3 N–H and O–H groups in total. The van der Waals surface area contributed by atoms with Crippen LogP contribution in [0.25, 0.3) is 0 Å². The van der Waals surface area contributed by atoms with Gasteiger partial charge in [0, 0.05) is 5.69 Å². The Morgan fingerprint density at radius 3 is 2.86 bits per heavy atom. The number of carboxylic acids is 1. The molecule has 0 aliphatic heterocycles. The largest absolute Gasteiger partial charge is 0.494 e. The number of hydrogen-bond acceptors (Lipinski definition) is 3. The van der Waals surface area contributed by atoms with Gasteiger partial charge in [0.05, 0.1) is 13.0 Å². The summed E-state index contributed by atoms with van der Waals surface area (Å²) in [6.45, 7) is 2.42. The average molecular weight is 195 g/mol. The van der Waals surface area contributed by atoms with E-state index in [-0.39, 0.29) is 6.42 Å². The maximum Gasteiger partial charge on any atom is 0.307 e.